The third kappa shape index (κ3) is 1.81. The fraction of sp³-hybridized carbons (Fsp3) is 0.850. The van der Waals surface area contributed by atoms with Gasteiger partial charge < -0.3 is 20.4 Å². The molecule has 4 aliphatic carbocycles. The van der Waals surface area contributed by atoms with Gasteiger partial charge in [-0.3, -0.25) is 4.79 Å². The Morgan fingerprint density at radius 3 is 2.52 bits per heavy atom. The highest BCUT2D eigenvalue weighted by molar-refractivity contribution is 5.86. The minimum absolute atomic E-state index is 0.0156. The molecule has 5 heteroatoms. The maximum atomic E-state index is 13.2. The number of hydrogen-bond donors (Lipinski definition) is 4. The minimum atomic E-state index is -1.24. The van der Waals surface area contributed by atoms with E-state index < -0.39 is 41.0 Å². The zero-order valence-corrected chi connectivity index (χ0v) is 15.1. The molecular formula is C20H30O5. The summed E-state index contributed by atoms with van der Waals surface area (Å²) in [5, 5.41) is 43.2. The molecule has 4 rings (SSSR count). The van der Waals surface area contributed by atoms with Gasteiger partial charge in [0, 0.05) is 24.9 Å². The monoisotopic (exact) mass is 350 g/mol. The van der Waals surface area contributed by atoms with Crippen LogP contribution in [0.4, 0.5) is 0 Å². The van der Waals surface area contributed by atoms with Crippen LogP contribution in [0.25, 0.3) is 0 Å². The molecule has 9 atom stereocenters. The third-order valence-corrected chi connectivity index (χ3v) is 8.60. The average molecular weight is 350 g/mol. The van der Waals surface area contributed by atoms with Crippen LogP contribution in [0.15, 0.2) is 12.2 Å². The summed E-state index contributed by atoms with van der Waals surface area (Å²) in [5.74, 6) is -1.04. The van der Waals surface area contributed by atoms with Crippen molar-refractivity contribution < 1.29 is 25.2 Å². The second kappa shape index (κ2) is 5.16. The molecule has 0 amide bonds. The van der Waals surface area contributed by atoms with Gasteiger partial charge in [0.05, 0.1) is 23.7 Å². The van der Waals surface area contributed by atoms with Crippen molar-refractivity contribution in [3.8, 4) is 0 Å². The minimum Gasteiger partial charge on any atom is -0.396 e. The van der Waals surface area contributed by atoms with E-state index in [0.29, 0.717) is 12.0 Å². The van der Waals surface area contributed by atoms with Gasteiger partial charge in [-0.05, 0) is 41.6 Å². The first-order valence-corrected chi connectivity index (χ1v) is 9.51. The molecule has 25 heavy (non-hydrogen) atoms. The molecule has 0 radical (unpaired) electrons. The van der Waals surface area contributed by atoms with Gasteiger partial charge in [-0.15, -0.1) is 0 Å². The maximum Gasteiger partial charge on any atom is 0.138 e. The molecule has 4 saturated carbocycles. The summed E-state index contributed by atoms with van der Waals surface area (Å²) in [4.78, 5) is 13.2. The summed E-state index contributed by atoms with van der Waals surface area (Å²) >= 11 is 0. The second-order valence-electron chi connectivity index (χ2n) is 9.61. The summed E-state index contributed by atoms with van der Waals surface area (Å²) < 4.78 is 0. The van der Waals surface area contributed by atoms with E-state index in [4.69, 9.17) is 0 Å². The van der Waals surface area contributed by atoms with E-state index in [1.807, 2.05) is 6.92 Å². The van der Waals surface area contributed by atoms with Crippen LogP contribution in [0.3, 0.4) is 0 Å². The van der Waals surface area contributed by atoms with Crippen LogP contribution in [0, 0.1) is 34.0 Å². The maximum absolute atomic E-state index is 13.2. The van der Waals surface area contributed by atoms with Gasteiger partial charge in [-0.1, -0.05) is 26.8 Å². The normalized spacial score (nSPS) is 58.0. The molecule has 5 nitrogen and oxygen atoms in total. The summed E-state index contributed by atoms with van der Waals surface area (Å²) in [5.41, 5.74) is -1.54. The molecule has 0 saturated heterocycles. The summed E-state index contributed by atoms with van der Waals surface area (Å²) in [6.45, 7) is 8.07. The zero-order chi connectivity index (χ0) is 18.4. The van der Waals surface area contributed by atoms with Gasteiger partial charge in [0.25, 0.3) is 0 Å². The Hall–Kier alpha value is -0.750. The van der Waals surface area contributed by atoms with Crippen molar-refractivity contribution in [2.45, 2.75) is 64.3 Å². The Morgan fingerprint density at radius 1 is 1.20 bits per heavy atom. The molecule has 0 aromatic rings. The van der Waals surface area contributed by atoms with Crippen LogP contribution in [-0.2, 0) is 4.79 Å². The lowest BCUT2D eigenvalue weighted by molar-refractivity contribution is -0.247. The van der Waals surface area contributed by atoms with Crippen LogP contribution in [0.5, 0.6) is 0 Å². The lowest BCUT2D eigenvalue weighted by Gasteiger charge is -2.65. The van der Waals surface area contributed by atoms with E-state index in [-0.39, 0.29) is 30.1 Å². The largest absolute Gasteiger partial charge is 0.396 e. The number of Topliss-reactive ketones (excluding diaryl/α,β-unsaturated/α-hetero) is 1. The van der Waals surface area contributed by atoms with Gasteiger partial charge in [0.15, 0.2) is 0 Å². The molecule has 140 valence electrons. The van der Waals surface area contributed by atoms with E-state index in [1.165, 1.54) is 0 Å². The van der Waals surface area contributed by atoms with Crippen LogP contribution in [0.2, 0.25) is 0 Å². The summed E-state index contributed by atoms with van der Waals surface area (Å²) in [7, 11) is 0. The Bertz CT molecular complexity index is 632. The fourth-order valence-electron chi connectivity index (χ4n) is 7.47. The fourth-order valence-corrected chi connectivity index (χ4v) is 7.47. The SMILES string of the molecule is C=C1[C@@H](O)[C@]23C(C(=O)C[C@@H]1[C@H]2O)[C@]1(C)CCC[C@](C)(CO)[C@H]1C[C@H]3O. The van der Waals surface area contributed by atoms with E-state index in [2.05, 4.69) is 13.5 Å². The molecule has 0 aliphatic heterocycles. The first kappa shape index (κ1) is 17.7. The molecule has 1 spiro atoms. The molecule has 4 N–H and O–H groups in total. The predicted molar refractivity (Wildman–Crippen MR) is 91.5 cm³/mol. The highest BCUT2D eigenvalue weighted by atomic mass is 16.3. The van der Waals surface area contributed by atoms with Crippen LogP contribution in [-0.4, -0.2) is 51.1 Å². The molecule has 0 aromatic carbocycles. The third-order valence-electron chi connectivity index (χ3n) is 8.60. The lowest BCUT2D eigenvalue weighted by Crippen LogP contribution is -2.70. The highest BCUT2D eigenvalue weighted by Crippen LogP contribution is 2.71. The van der Waals surface area contributed by atoms with Crippen molar-refractivity contribution in [2.24, 2.45) is 34.0 Å². The lowest BCUT2D eigenvalue weighted by atomic mass is 9.39. The Morgan fingerprint density at radius 2 is 1.88 bits per heavy atom. The summed E-state index contributed by atoms with van der Waals surface area (Å²) in [6, 6.07) is 0. The van der Waals surface area contributed by atoms with E-state index >= 15 is 0 Å². The van der Waals surface area contributed by atoms with Crippen molar-refractivity contribution in [3.63, 3.8) is 0 Å². The van der Waals surface area contributed by atoms with Crippen molar-refractivity contribution in [1.29, 1.82) is 0 Å². The van der Waals surface area contributed by atoms with Crippen molar-refractivity contribution >= 4 is 5.78 Å². The van der Waals surface area contributed by atoms with Gasteiger partial charge in [-0.25, -0.2) is 0 Å². The Balaban J connectivity index is 1.91. The first-order chi connectivity index (χ1) is 11.6. The molecular weight excluding hydrogens is 320 g/mol. The first-order valence-electron chi connectivity index (χ1n) is 9.51. The molecule has 0 heterocycles. The van der Waals surface area contributed by atoms with E-state index in [0.717, 1.165) is 19.3 Å². The van der Waals surface area contributed by atoms with Gasteiger partial charge in [0.1, 0.15) is 5.78 Å². The number of carbonyl (C=O) groups excluding carboxylic acids is 1. The van der Waals surface area contributed by atoms with Crippen molar-refractivity contribution in [3.05, 3.63) is 12.2 Å². The van der Waals surface area contributed by atoms with Gasteiger partial charge in [-0.2, -0.15) is 0 Å². The quantitative estimate of drug-likeness (QED) is 0.530. The number of carbonyl (C=O) groups is 1. The summed E-state index contributed by atoms with van der Waals surface area (Å²) in [6.07, 6.45) is 0.193. The number of ketones is 1. The Kier molecular flexibility index (Phi) is 3.64. The molecule has 0 aromatic heterocycles. The number of fused-ring (bicyclic) bond motifs is 3. The van der Waals surface area contributed by atoms with Gasteiger partial charge in [0.2, 0.25) is 0 Å². The second-order valence-corrected chi connectivity index (χ2v) is 9.61. The standard InChI is InChI=1S/C20H30O5/c1-10-11-7-12(22)15-19(3)6-4-5-18(2,9-21)13(19)8-14(23)20(15,16(10)24)17(11)25/h11,13-17,21,23-25H,1,4-9H2,2-3H3/t11-,13+,14+,15?,16+,17+,18+,19+,20-/m0/s1. The Labute approximate surface area is 148 Å². The number of aliphatic hydroxyl groups is 4. The van der Waals surface area contributed by atoms with Crippen molar-refractivity contribution in [1.82, 2.24) is 0 Å². The molecule has 4 aliphatic rings. The van der Waals surface area contributed by atoms with Crippen LogP contribution in [0.1, 0.15) is 46.0 Å². The van der Waals surface area contributed by atoms with Crippen LogP contribution < -0.4 is 0 Å². The molecule has 2 bridgehead atoms. The van der Waals surface area contributed by atoms with Crippen molar-refractivity contribution in [2.75, 3.05) is 6.61 Å². The van der Waals surface area contributed by atoms with E-state index in [9.17, 15) is 25.2 Å². The molecule has 1 unspecified atom stereocenters. The number of rotatable bonds is 1. The average Bonchev–Trinajstić information content (AvgIpc) is 2.68. The number of hydrogen-bond acceptors (Lipinski definition) is 5. The van der Waals surface area contributed by atoms with Crippen LogP contribution >= 0.6 is 0 Å². The zero-order valence-electron chi connectivity index (χ0n) is 15.1. The predicted octanol–water partition coefficient (Wildman–Crippen LogP) is 1.04. The molecule has 4 fully saturated rings. The smallest absolute Gasteiger partial charge is 0.138 e. The highest BCUT2D eigenvalue weighted by Gasteiger charge is 2.75. The van der Waals surface area contributed by atoms with E-state index in [1.54, 1.807) is 0 Å². The number of aliphatic hydroxyl groups excluding tert-OH is 4. The topological polar surface area (TPSA) is 98.0 Å². The van der Waals surface area contributed by atoms with Gasteiger partial charge >= 0.3 is 0 Å².